The molecule has 6 nitrogen and oxygen atoms in total. The molecule has 1 atom stereocenters. The van der Waals surface area contributed by atoms with Crippen LogP contribution in [-0.2, 0) is 0 Å². The van der Waals surface area contributed by atoms with E-state index in [4.69, 9.17) is 9.47 Å². The molecular formula is C18H16N2O4S2. The van der Waals surface area contributed by atoms with Gasteiger partial charge in [0.05, 0.1) is 6.54 Å². The molecule has 1 aromatic carbocycles. The summed E-state index contributed by atoms with van der Waals surface area (Å²) in [7, 11) is 0. The number of hydrogen-bond donors (Lipinski definition) is 3. The van der Waals surface area contributed by atoms with Gasteiger partial charge in [0.2, 0.25) is 6.79 Å². The Kier molecular flexibility index (Phi) is 4.79. The molecule has 2 aromatic heterocycles. The van der Waals surface area contributed by atoms with E-state index in [9.17, 15) is 9.90 Å². The van der Waals surface area contributed by atoms with Gasteiger partial charge in [0.15, 0.2) is 11.5 Å². The second-order valence-corrected chi connectivity index (χ2v) is 7.53. The Balaban J connectivity index is 1.31. The standard InChI is InChI=1S/C18H16N2O4S2/c21-13(17-4-3-16(26-17)11-5-6-25-9-11)8-19-18(22)20-12-1-2-14-15(7-12)24-10-23-14/h1-7,9,13,21H,8,10H2,(H2,19,20,22). The van der Waals surface area contributed by atoms with Crippen molar-refractivity contribution in [1.29, 1.82) is 0 Å². The lowest BCUT2D eigenvalue weighted by Gasteiger charge is -2.11. The number of anilines is 1. The first-order chi connectivity index (χ1) is 12.7. The van der Waals surface area contributed by atoms with Crippen molar-refractivity contribution in [3.05, 3.63) is 52.0 Å². The van der Waals surface area contributed by atoms with Crippen LogP contribution in [0.3, 0.4) is 0 Å². The molecule has 0 bridgehead atoms. The summed E-state index contributed by atoms with van der Waals surface area (Å²) in [5, 5.41) is 19.8. The largest absolute Gasteiger partial charge is 0.454 e. The van der Waals surface area contributed by atoms with Crippen LogP contribution in [0.2, 0.25) is 0 Å². The Labute approximate surface area is 158 Å². The number of thiophene rings is 2. The van der Waals surface area contributed by atoms with E-state index >= 15 is 0 Å². The van der Waals surface area contributed by atoms with Gasteiger partial charge in [-0.05, 0) is 41.1 Å². The van der Waals surface area contributed by atoms with Gasteiger partial charge in [0, 0.05) is 27.1 Å². The third kappa shape index (κ3) is 3.67. The fourth-order valence-electron chi connectivity index (χ4n) is 2.53. The third-order valence-electron chi connectivity index (χ3n) is 3.85. The summed E-state index contributed by atoms with van der Waals surface area (Å²) in [6.45, 7) is 0.311. The molecule has 4 rings (SSSR count). The number of carbonyl (C=O) groups excluding carboxylic acids is 1. The van der Waals surface area contributed by atoms with E-state index in [1.165, 1.54) is 11.3 Å². The highest BCUT2D eigenvalue weighted by Crippen LogP contribution is 2.34. The van der Waals surface area contributed by atoms with Crippen LogP contribution in [0, 0.1) is 0 Å². The second-order valence-electron chi connectivity index (χ2n) is 5.63. The molecule has 2 amide bonds. The molecule has 1 unspecified atom stereocenters. The van der Waals surface area contributed by atoms with Crippen molar-refractivity contribution >= 4 is 34.4 Å². The highest BCUT2D eigenvalue weighted by atomic mass is 32.1. The minimum Gasteiger partial charge on any atom is -0.454 e. The van der Waals surface area contributed by atoms with E-state index in [1.807, 2.05) is 23.6 Å². The van der Waals surface area contributed by atoms with Crippen LogP contribution < -0.4 is 20.1 Å². The Morgan fingerprint density at radius 3 is 2.92 bits per heavy atom. The van der Waals surface area contributed by atoms with Crippen molar-refractivity contribution in [3.63, 3.8) is 0 Å². The lowest BCUT2D eigenvalue weighted by molar-refractivity contribution is 0.174. The van der Waals surface area contributed by atoms with Crippen LogP contribution in [0.15, 0.2) is 47.2 Å². The molecule has 26 heavy (non-hydrogen) atoms. The van der Waals surface area contributed by atoms with Crippen LogP contribution in [0.25, 0.3) is 10.4 Å². The van der Waals surface area contributed by atoms with Gasteiger partial charge in [0.1, 0.15) is 6.10 Å². The van der Waals surface area contributed by atoms with Gasteiger partial charge >= 0.3 is 6.03 Å². The zero-order chi connectivity index (χ0) is 17.9. The van der Waals surface area contributed by atoms with E-state index in [0.29, 0.717) is 17.2 Å². The molecule has 0 fully saturated rings. The number of carbonyl (C=O) groups is 1. The Hall–Kier alpha value is -2.55. The molecule has 3 aromatic rings. The smallest absolute Gasteiger partial charge is 0.319 e. The Morgan fingerprint density at radius 1 is 1.19 bits per heavy atom. The van der Waals surface area contributed by atoms with Gasteiger partial charge in [-0.3, -0.25) is 0 Å². The van der Waals surface area contributed by atoms with Crippen molar-refractivity contribution in [2.75, 3.05) is 18.7 Å². The normalized spacial score (nSPS) is 13.4. The van der Waals surface area contributed by atoms with E-state index in [-0.39, 0.29) is 13.3 Å². The minimum atomic E-state index is -0.755. The maximum absolute atomic E-state index is 12.0. The molecule has 0 aliphatic carbocycles. The highest BCUT2D eigenvalue weighted by Gasteiger charge is 2.15. The predicted octanol–water partition coefficient (Wildman–Crippen LogP) is 4.06. The van der Waals surface area contributed by atoms with Crippen molar-refractivity contribution in [2.45, 2.75) is 6.10 Å². The van der Waals surface area contributed by atoms with Crippen molar-refractivity contribution < 1.29 is 19.4 Å². The van der Waals surface area contributed by atoms with Gasteiger partial charge < -0.3 is 25.2 Å². The van der Waals surface area contributed by atoms with Gasteiger partial charge in [0.25, 0.3) is 0 Å². The average Bonchev–Trinajstić information content (AvgIpc) is 3.39. The fraction of sp³-hybridized carbons (Fsp3) is 0.167. The van der Waals surface area contributed by atoms with Crippen molar-refractivity contribution in [1.82, 2.24) is 5.32 Å². The summed E-state index contributed by atoms with van der Waals surface area (Å²) in [6.07, 6.45) is -0.755. The monoisotopic (exact) mass is 388 g/mol. The lowest BCUT2D eigenvalue weighted by Crippen LogP contribution is -2.32. The minimum absolute atomic E-state index is 0.125. The summed E-state index contributed by atoms with van der Waals surface area (Å²) in [5.74, 6) is 1.26. The van der Waals surface area contributed by atoms with Crippen LogP contribution in [0.1, 0.15) is 11.0 Å². The van der Waals surface area contributed by atoms with Gasteiger partial charge in [-0.2, -0.15) is 11.3 Å². The maximum Gasteiger partial charge on any atom is 0.319 e. The lowest BCUT2D eigenvalue weighted by atomic mass is 10.2. The summed E-state index contributed by atoms with van der Waals surface area (Å²) in [5.41, 5.74) is 1.74. The SMILES string of the molecule is O=C(NCC(O)c1ccc(-c2ccsc2)s1)Nc1ccc2c(c1)OCO2. The molecule has 0 spiro atoms. The molecule has 8 heteroatoms. The topological polar surface area (TPSA) is 79.8 Å². The molecule has 1 aliphatic heterocycles. The second kappa shape index (κ2) is 7.36. The number of hydrogen-bond acceptors (Lipinski definition) is 6. The number of rotatable bonds is 5. The van der Waals surface area contributed by atoms with Crippen LogP contribution in [0.4, 0.5) is 10.5 Å². The quantitative estimate of drug-likeness (QED) is 0.616. The highest BCUT2D eigenvalue weighted by molar-refractivity contribution is 7.16. The zero-order valence-electron chi connectivity index (χ0n) is 13.6. The van der Waals surface area contributed by atoms with Crippen molar-refractivity contribution in [3.8, 4) is 21.9 Å². The number of fused-ring (bicyclic) bond motifs is 1. The first kappa shape index (κ1) is 16.9. The molecule has 134 valence electrons. The number of aliphatic hydroxyl groups is 1. The molecule has 0 radical (unpaired) electrons. The summed E-state index contributed by atoms with van der Waals surface area (Å²) in [4.78, 5) is 14.0. The van der Waals surface area contributed by atoms with Crippen LogP contribution in [0.5, 0.6) is 11.5 Å². The average molecular weight is 388 g/mol. The molecular weight excluding hydrogens is 372 g/mol. The third-order valence-corrected chi connectivity index (χ3v) is 5.77. The molecule has 1 aliphatic rings. The number of benzene rings is 1. The Bertz CT molecular complexity index is 908. The molecule has 3 N–H and O–H groups in total. The predicted molar refractivity (Wildman–Crippen MR) is 102 cm³/mol. The first-order valence-electron chi connectivity index (χ1n) is 7.94. The van der Waals surface area contributed by atoms with E-state index in [1.54, 1.807) is 29.5 Å². The molecule has 0 saturated carbocycles. The van der Waals surface area contributed by atoms with E-state index < -0.39 is 12.1 Å². The number of urea groups is 1. The maximum atomic E-state index is 12.0. The molecule has 0 saturated heterocycles. The summed E-state index contributed by atoms with van der Waals surface area (Å²) in [6, 6.07) is 10.7. The van der Waals surface area contributed by atoms with E-state index in [0.717, 1.165) is 15.3 Å². The number of amides is 2. The summed E-state index contributed by atoms with van der Waals surface area (Å²) >= 11 is 3.16. The zero-order valence-corrected chi connectivity index (χ0v) is 15.2. The van der Waals surface area contributed by atoms with Gasteiger partial charge in [-0.15, -0.1) is 11.3 Å². The molecule has 3 heterocycles. The van der Waals surface area contributed by atoms with Gasteiger partial charge in [-0.25, -0.2) is 4.79 Å². The van der Waals surface area contributed by atoms with Crippen molar-refractivity contribution in [2.24, 2.45) is 0 Å². The van der Waals surface area contributed by atoms with E-state index in [2.05, 4.69) is 16.0 Å². The van der Waals surface area contributed by atoms with Crippen LogP contribution in [-0.4, -0.2) is 24.5 Å². The first-order valence-corrected chi connectivity index (χ1v) is 9.70. The number of aliphatic hydroxyl groups excluding tert-OH is 1. The fourth-order valence-corrected chi connectivity index (χ4v) is 4.25. The summed E-state index contributed by atoms with van der Waals surface area (Å²) < 4.78 is 10.5. The van der Waals surface area contributed by atoms with Gasteiger partial charge in [-0.1, -0.05) is 0 Å². The Morgan fingerprint density at radius 2 is 2.08 bits per heavy atom. The number of nitrogens with one attached hydrogen (secondary N) is 2. The van der Waals surface area contributed by atoms with Crippen LogP contribution >= 0.6 is 22.7 Å². The number of ether oxygens (including phenoxy) is 2.